The fourth-order valence-electron chi connectivity index (χ4n) is 3.00. The van der Waals surface area contributed by atoms with Gasteiger partial charge in [0.15, 0.2) is 6.10 Å². The number of anilines is 1. The highest BCUT2D eigenvalue weighted by molar-refractivity contribution is 7.09. The van der Waals surface area contributed by atoms with Gasteiger partial charge in [-0.05, 0) is 38.0 Å². The highest BCUT2D eigenvalue weighted by Gasteiger charge is 2.34. The zero-order chi connectivity index (χ0) is 19.4. The van der Waals surface area contributed by atoms with Crippen molar-refractivity contribution < 1.29 is 14.3 Å². The topological polar surface area (TPSA) is 71.5 Å². The maximum atomic E-state index is 12.8. The number of aryl methyl sites for hydroxylation is 1. The number of aromatic nitrogens is 1. The second kappa shape index (κ2) is 8.52. The van der Waals surface area contributed by atoms with E-state index >= 15 is 0 Å². The predicted octanol–water partition coefficient (Wildman–Crippen LogP) is 3.54. The molecule has 1 aliphatic heterocycles. The van der Waals surface area contributed by atoms with E-state index in [1.54, 1.807) is 11.3 Å². The Morgan fingerprint density at radius 1 is 1.37 bits per heavy atom. The van der Waals surface area contributed by atoms with E-state index in [-0.39, 0.29) is 18.4 Å². The van der Waals surface area contributed by atoms with Crippen LogP contribution in [0, 0.1) is 6.92 Å². The van der Waals surface area contributed by atoms with Gasteiger partial charge in [0.2, 0.25) is 5.91 Å². The number of carbonyl (C=O) groups is 2. The summed E-state index contributed by atoms with van der Waals surface area (Å²) in [5.74, 6) is 0.287. The van der Waals surface area contributed by atoms with Crippen LogP contribution in [0.5, 0.6) is 5.75 Å². The Bertz CT molecular complexity index is 834. The lowest BCUT2D eigenvalue weighted by Gasteiger charge is -2.34. The van der Waals surface area contributed by atoms with E-state index in [0.29, 0.717) is 24.4 Å². The molecule has 0 fully saturated rings. The monoisotopic (exact) mass is 387 g/mol. The number of benzene rings is 1. The van der Waals surface area contributed by atoms with E-state index in [9.17, 15) is 9.59 Å². The number of ether oxygens (including phenoxy) is 1. The van der Waals surface area contributed by atoms with E-state index in [4.69, 9.17) is 4.74 Å². The van der Waals surface area contributed by atoms with Gasteiger partial charge in [-0.15, -0.1) is 11.3 Å². The standard InChI is InChI=1S/C20H25N3O3S/c1-4-6-9-21-19(24)11-23-16-10-14(15-12-27-13(3)22-15)7-8-18(16)26-17(5-2)20(23)25/h7-8,10,12,17H,4-6,9,11H2,1-3H3,(H,21,24). The van der Waals surface area contributed by atoms with Crippen molar-refractivity contribution >= 4 is 28.8 Å². The fourth-order valence-corrected chi connectivity index (χ4v) is 3.63. The smallest absolute Gasteiger partial charge is 0.268 e. The zero-order valence-corrected chi connectivity index (χ0v) is 16.8. The first kappa shape index (κ1) is 19.4. The van der Waals surface area contributed by atoms with Crippen LogP contribution < -0.4 is 15.0 Å². The van der Waals surface area contributed by atoms with E-state index in [1.165, 1.54) is 4.90 Å². The van der Waals surface area contributed by atoms with Crippen LogP contribution in [-0.4, -0.2) is 36.0 Å². The summed E-state index contributed by atoms with van der Waals surface area (Å²) in [5, 5.41) is 5.85. The van der Waals surface area contributed by atoms with Gasteiger partial charge in [0, 0.05) is 17.5 Å². The van der Waals surface area contributed by atoms with Crippen molar-refractivity contribution in [1.82, 2.24) is 10.3 Å². The minimum atomic E-state index is -0.562. The number of thiazole rings is 1. The van der Waals surface area contributed by atoms with E-state index in [0.717, 1.165) is 29.1 Å². The summed E-state index contributed by atoms with van der Waals surface area (Å²) in [5.41, 5.74) is 2.39. The number of carbonyl (C=O) groups excluding carboxylic acids is 2. The lowest BCUT2D eigenvalue weighted by molar-refractivity contribution is -0.129. The van der Waals surface area contributed by atoms with Crippen molar-refractivity contribution in [2.24, 2.45) is 0 Å². The summed E-state index contributed by atoms with van der Waals surface area (Å²) in [6.07, 6.45) is 1.92. The molecule has 0 saturated heterocycles. The number of rotatable bonds is 7. The molecule has 0 aliphatic carbocycles. The molecule has 1 aromatic carbocycles. The maximum Gasteiger partial charge on any atom is 0.268 e. The molecule has 7 heteroatoms. The molecule has 3 rings (SSSR count). The van der Waals surface area contributed by atoms with E-state index < -0.39 is 6.10 Å². The van der Waals surface area contributed by atoms with Crippen LogP contribution >= 0.6 is 11.3 Å². The third-order valence-electron chi connectivity index (χ3n) is 4.50. The summed E-state index contributed by atoms with van der Waals surface area (Å²) in [4.78, 5) is 31.2. The first-order valence-electron chi connectivity index (χ1n) is 9.34. The van der Waals surface area contributed by atoms with Gasteiger partial charge in [0.1, 0.15) is 12.3 Å². The maximum absolute atomic E-state index is 12.8. The molecule has 1 atom stereocenters. The molecule has 27 heavy (non-hydrogen) atoms. The third-order valence-corrected chi connectivity index (χ3v) is 5.27. The Morgan fingerprint density at radius 2 is 2.19 bits per heavy atom. The summed E-state index contributed by atoms with van der Waals surface area (Å²) >= 11 is 1.58. The largest absolute Gasteiger partial charge is 0.478 e. The van der Waals surface area contributed by atoms with E-state index in [2.05, 4.69) is 17.2 Å². The Kier molecular flexibility index (Phi) is 6.11. The molecule has 0 saturated carbocycles. The third kappa shape index (κ3) is 4.30. The number of hydrogen-bond acceptors (Lipinski definition) is 5. The Labute approximate surface area is 163 Å². The highest BCUT2D eigenvalue weighted by atomic mass is 32.1. The fraction of sp³-hybridized carbons (Fsp3) is 0.450. The SMILES string of the molecule is CCCCNC(=O)CN1C(=O)C(CC)Oc2ccc(-c3csc(C)n3)cc21. The molecule has 1 aliphatic rings. The predicted molar refractivity (Wildman–Crippen MR) is 107 cm³/mol. The summed E-state index contributed by atoms with van der Waals surface area (Å²) < 4.78 is 5.86. The molecule has 2 aromatic rings. The van der Waals surface area contributed by atoms with Gasteiger partial charge in [-0.1, -0.05) is 20.3 Å². The first-order valence-corrected chi connectivity index (χ1v) is 10.2. The Morgan fingerprint density at radius 3 is 2.85 bits per heavy atom. The molecule has 6 nitrogen and oxygen atoms in total. The van der Waals surface area contributed by atoms with Gasteiger partial charge in [-0.3, -0.25) is 14.5 Å². The second-order valence-corrected chi connectivity index (χ2v) is 7.64. The average Bonchev–Trinajstić information content (AvgIpc) is 3.10. The zero-order valence-electron chi connectivity index (χ0n) is 15.9. The number of nitrogens with zero attached hydrogens (tertiary/aromatic N) is 2. The summed E-state index contributed by atoms with van der Waals surface area (Å²) in [7, 11) is 0. The molecular weight excluding hydrogens is 362 g/mol. The molecule has 2 heterocycles. The van der Waals surface area contributed by atoms with Crippen LogP contribution in [-0.2, 0) is 9.59 Å². The number of fused-ring (bicyclic) bond motifs is 1. The van der Waals surface area contributed by atoms with Crippen molar-refractivity contribution in [2.45, 2.75) is 46.1 Å². The molecule has 1 N–H and O–H groups in total. The van der Waals surface area contributed by atoms with Gasteiger partial charge < -0.3 is 10.1 Å². The molecular formula is C20H25N3O3S. The average molecular weight is 388 g/mol. The lowest BCUT2D eigenvalue weighted by atomic mass is 10.1. The van der Waals surface area contributed by atoms with Crippen molar-refractivity contribution in [3.8, 4) is 17.0 Å². The molecule has 2 amide bonds. The van der Waals surface area contributed by atoms with Gasteiger partial charge in [-0.25, -0.2) is 4.98 Å². The number of nitrogens with one attached hydrogen (secondary N) is 1. The first-order chi connectivity index (χ1) is 13.0. The lowest BCUT2D eigenvalue weighted by Crippen LogP contribution is -2.49. The minimum absolute atomic E-state index is 0.00501. The van der Waals surface area contributed by atoms with E-state index in [1.807, 2.05) is 37.4 Å². The van der Waals surface area contributed by atoms with Crippen LogP contribution in [0.25, 0.3) is 11.3 Å². The summed E-state index contributed by atoms with van der Waals surface area (Å²) in [6, 6.07) is 5.68. The van der Waals surface area contributed by atoms with Gasteiger partial charge in [0.05, 0.1) is 16.4 Å². The quantitative estimate of drug-likeness (QED) is 0.738. The van der Waals surface area contributed by atoms with Crippen molar-refractivity contribution in [3.05, 3.63) is 28.6 Å². The number of amides is 2. The van der Waals surface area contributed by atoms with Crippen LogP contribution in [0.4, 0.5) is 5.69 Å². The minimum Gasteiger partial charge on any atom is -0.478 e. The van der Waals surface area contributed by atoms with Crippen LogP contribution in [0.3, 0.4) is 0 Å². The van der Waals surface area contributed by atoms with Gasteiger partial charge in [0.25, 0.3) is 5.91 Å². The Hall–Kier alpha value is -2.41. The highest BCUT2D eigenvalue weighted by Crippen LogP contribution is 2.38. The van der Waals surface area contributed by atoms with Crippen LogP contribution in [0.2, 0.25) is 0 Å². The van der Waals surface area contributed by atoms with Crippen molar-refractivity contribution in [2.75, 3.05) is 18.0 Å². The van der Waals surface area contributed by atoms with Crippen LogP contribution in [0.15, 0.2) is 23.6 Å². The Balaban J connectivity index is 1.89. The van der Waals surface area contributed by atoms with Gasteiger partial charge in [-0.2, -0.15) is 0 Å². The molecule has 1 unspecified atom stereocenters. The van der Waals surface area contributed by atoms with Crippen LogP contribution in [0.1, 0.15) is 38.1 Å². The molecule has 1 aromatic heterocycles. The van der Waals surface area contributed by atoms with Crippen molar-refractivity contribution in [1.29, 1.82) is 0 Å². The normalized spacial score (nSPS) is 16.0. The number of unbranched alkanes of at least 4 members (excludes halogenated alkanes) is 1. The molecule has 0 bridgehead atoms. The second-order valence-electron chi connectivity index (χ2n) is 6.58. The van der Waals surface area contributed by atoms with Gasteiger partial charge >= 0.3 is 0 Å². The number of hydrogen-bond donors (Lipinski definition) is 1. The summed E-state index contributed by atoms with van der Waals surface area (Å²) in [6.45, 7) is 6.55. The molecule has 0 radical (unpaired) electrons. The molecule has 0 spiro atoms. The van der Waals surface area contributed by atoms with Crippen molar-refractivity contribution in [3.63, 3.8) is 0 Å². The molecule has 144 valence electrons.